The summed E-state index contributed by atoms with van der Waals surface area (Å²) in [4.78, 5) is 67.1. The van der Waals surface area contributed by atoms with Crippen LogP contribution in [0.15, 0.2) is 35.9 Å². The van der Waals surface area contributed by atoms with Crippen molar-refractivity contribution in [3.8, 4) is 5.75 Å². The first-order valence-corrected chi connectivity index (χ1v) is 15.4. The van der Waals surface area contributed by atoms with Crippen LogP contribution in [0.5, 0.6) is 5.75 Å². The van der Waals surface area contributed by atoms with E-state index in [2.05, 4.69) is 10.6 Å². The van der Waals surface area contributed by atoms with Crippen LogP contribution in [0.25, 0.3) is 0 Å². The number of hydrogen-bond acceptors (Lipinski definition) is 7. The molecule has 46 heavy (non-hydrogen) atoms. The third-order valence-electron chi connectivity index (χ3n) is 8.85. The molecular weight excluding hydrogens is 592 g/mol. The summed E-state index contributed by atoms with van der Waals surface area (Å²) in [6.45, 7) is 15.9. The van der Waals surface area contributed by atoms with Gasteiger partial charge in [0, 0.05) is 31.5 Å². The van der Waals surface area contributed by atoms with Crippen molar-refractivity contribution in [1.29, 1.82) is 0 Å². The Hall–Kier alpha value is -3.93. The van der Waals surface area contributed by atoms with Crippen LogP contribution < -0.4 is 10.6 Å². The fraction of sp³-hybridized carbons (Fsp3) is 0.618. The summed E-state index contributed by atoms with van der Waals surface area (Å²) in [6.07, 6.45) is 0.880. The van der Waals surface area contributed by atoms with Gasteiger partial charge in [-0.3, -0.25) is 19.2 Å². The molecule has 0 aliphatic rings. The van der Waals surface area contributed by atoms with E-state index in [9.17, 15) is 34.2 Å². The van der Waals surface area contributed by atoms with E-state index in [0.717, 1.165) is 10.5 Å². The number of carbonyl (C=O) groups excluding carboxylic acids is 3. The first-order valence-electron chi connectivity index (χ1n) is 15.4. The van der Waals surface area contributed by atoms with Crippen molar-refractivity contribution in [2.24, 2.45) is 11.3 Å². The maximum absolute atomic E-state index is 14.1. The van der Waals surface area contributed by atoms with Gasteiger partial charge in [0.1, 0.15) is 17.3 Å². The largest absolute Gasteiger partial charge is 0.508 e. The highest BCUT2D eigenvalue weighted by atomic mass is 16.4. The molecule has 12 heteroatoms. The molecule has 12 nitrogen and oxygen atoms in total. The molecule has 0 bridgehead atoms. The minimum Gasteiger partial charge on any atom is -0.508 e. The van der Waals surface area contributed by atoms with Crippen molar-refractivity contribution in [3.63, 3.8) is 0 Å². The van der Waals surface area contributed by atoms with Gasteiger partial charge in [-0.2, -0.15) is 0 Å². The Labute approximate surface area is 273 Å². The average molecular weight is 647 g/mol. The van der Waals surface area contributed by atoms with Crippen molar-refractivity contribution in [1.82, 2.24) is 20.4 Å². The second-order valence-corrected chi connectivity index (χ2v) is 14.2. The van der Waals surface area contributed by atoms with Gasteiger partial charge in [-0.1, -0.05) is 66.7 Å². The molecule has 1 aromatic rings. The SMILES string of the molecule is CNC(C(=O)N[C@H](C(=O)N(C)[C@H](/C=C(\C)C(=O)N(C)[C@](C)(CCC(=O)O)C(=O)O)C(C)C)C(C)(C)C)C(C)(C)c1ccc(O)cc1. The molecule has 5 N–H and O–H groups in total. The Morgan fingerprint density at radius 3 is 1.85 bits per heavy atom. The minimum absolute atomic E-state index is 0.109. The number of aliphatic carboxylic acids is 2. The van der Waals surface area contributed by atoms with E-state index in [-0.39, 0.29) is 35.5 Å². The zero-order valence-corrected chi connectivity index (χ0v) is 29.4. The predicted octanol–water partition coefficient (Wildman–Crippen LogP) is 3.38. The molecule has 0 aliphatic heterocycles. The van der Waals surface area contributed by atoms with Gasteiger partial charge in [-0.05, 0) is 56.3 Å². The van der Waals surface area contributed by atoms with Crippen LogP contribution in [0.3, 0.4) is 0 Å². The number of carboxylic acid groups (broad SMARTS) is 2. The van der Waals surface area contributed by atoms with E-state index < -0.39 is 58.8 Å². The second-order valence-electron chi connectivity index (χ2n) is 14.2. The Kier molecular flexibility index (Phi) is 13.6. The summed E-state index contributed by atoms with van der Waals surface area (Å²) in [5.74, 6) is -3.95. The molecule has 0 fully saturated rings. The van der Waals surface area contributed by atoms with Crippen LogP contribution in [-0.2, 0) is 29.4 Å². The molecule has 0 saturated carbocycles. The Bertz CT molecular complexity index is 1300. The van der Waals surface area contributed by atoms with Gasteiger partial charge in [0.25, 0.3) is 0 Å². The molecule has 258 valence electrons. The lowest BCUT2D eigenvalue weighted by atomic mass is 9.76. The maximum atomic E-state index is 14.1. The van der Waals surface area contributed by atoms with E-state index in [1.54, 1.807) is 44.4 Å². The first kappa shape index (κ1) is 40.1. The van der Waals surface area contributed by atoms with Crippen molar-refractivity contribution in [2.45, 2.75) is 104 Å². The maximum Gasteiger partial charge on any atom is 0.329 e. The van der Waals surface area contributed by atoms with Crippen molar-refractivity contribution < 1.29 is 39.3 Å². The van der Waals surface area contributed by atoms with E-state index in [4.69, 9.17) is 5.11 Å². The molecule has 1 unspecified atom stereocenters. The minimum atomic E-state index is -1.76. The Balaban J connectivity index is 3.40. The molecular formula is C34H54N4O8. The number of carboxylic acids is 2. The van der Waals surface area contributed by atoms with Gasteiger partial charge >= 0.3 is 11.9 Å². The fourth-order valence-electron chi connectivity index (χ4n) is 5.44. The quantitative estimate of drug-likeness (QED) is 0.179. The molecule has 4 atom stereocenters. The van der Waals surface area contributed by atoms with Crippen molar-refractivity contribution in [3.05, 3.63) is 41.5 Å². The van der Waals surface area contributed by atoms with Crippen LogP contribution in [0.1, 0.15) is 80.7 Å². The summed E-state index contributed by atoms with van der Waals surface area (Å²) >= 11 is 0. The topological polar surface area (TPSA) is 177 Å². The van der Waals surface area contributed by atoms with Gasteiger partial charge in [-0.25, -0.2) is 4.79 Å². The molecule has 0 radical (unpaired) electrons. The summed E-state index contributed by atoms with van der Waals surface area (Å²) in [6, 6.07) is 4.32. The van der Waals surface area contributed by atoms with Gasteiger partial charge in [0.05, 0.1) is 12.1 Å². The number of nitrogens with zero attached hydrogens (tertiary/aromatic N) is 2. The molecule has 3 amide bonds. The predicted molar refractivity (Wildman–Crippen MR) is 176 cm³/mol. The third-order valence-corrected chi connectivity index (χ3v) is 8.85. The molecule has 0 spiro atoms. The summed E-state index contributed by atoms with van der Waals surface area (Å²) in [5, 5.41) is 34.7. The third kappa shape index (κ3) is 9.54. The van der Waals surface area contributed by atoms with Crippen molar-refractivity contribution >= 4 is 29.7 Å². The van der Waals surface area contributed by atoms with Gasteiger partial charge in [0.2, 0.25) is 17.7 Å². The zero-order valence-electron chi connectivity index (χ0n) is 29.4. The highest BCUT2D eigenvalue weighted by Gasteiger charge is 2.43. The number of phenolic OH excluding ortho intramolecular Hbond substituents is 1. The number of carbonyl (C=O) groups is 5. The number of nitrogens with one attached hydrogen (secondary N) is 2. The molecule has 0 aliphatic carbocycles. The number of aromatic hydroxyl groups is 1. The zero-order chi connectivity index (χ0) is 35.9. The molecule has 1 rings (SSSR count). The molecule has 1 aromatic carbocycles. The number of rotatable bonds is 15. The van der Waals surface area contributed by atoms with Crippen molar-refractivity contribution in [2.75, 3.05) is 21.1 Å². The lowest BCUT2D eigenvalue weighted by molar-refractivity contribution is -0.156. The Morgan fingerprint density at radius 1 is 0.913 bits per heavy atom. The fourth-order valence-corrected chi connectivity index (χ4v) is 5.44. The van der Waals surface area contributed by atoms with E-state index >= 15 is 0 Å². The monoisotopic (exact) mass is 646 g/mol. The number of hydrogen-bond donors (Lipinski definition) is 5. The highest BCUT2D eigenvalue weighted by Crippen LogP contribution is 2.30. The first-order chi connectivity index (χ1) is 20.9. The van der Waals surface area contributed by atoms with Gasteiger partial charge < -0.3 is 35.8 Å². The standard InChI is InChI=1S/C34H54N4O8/c1-20(2)24(19-21(3)29(43)38(12)34(9,31(45)46)18-17-25(40)41)37(11)30(44)27(32(4,5)6)36-28(42)26(35-10)33(7,8)22-13-15-23(39)16-14-22/h13-16,19-20,24,26-27,35,39H,17-18H2,1-12H3,(H,36,42)(H,40,41)(H,45,46)/b21-19+/t24-,26?,27-,34-/m1/s1. The molecule has 0 aromatic heterocycles. The van der Waals surface area contributed by atoms with Gasteiger partial charge in [0.15, 0.2) is 0 Å². The average Bonchev–Trinajstić information content (AvgIpc) is 2.95. The number of phenols is 1. The Morgan fingerprint density at radius 2 is 1.43 bits per heavy atom. The summed E-state index contributed by atoms with van der Waals surface area (Å²) < 4.78 is 0. The smallest absolute Gasteiger partial charge is 0.329 e. The van der Waals surface area contributed by atoms with Gasteiger partial charge in [-0.15, -0.1) is 0 Å². The number of amides is 3. The lowest BCUT2D eigenvalue weighted by Gasteiger charge is -2.40. The van der Waals surface area contributed by atoms with Crippen LogP contribution in [0.4, 0.5) is 0 Å². The lowest BCUT2D eigenvalue weighted by Crippen LogP contribution is -2.61. The second kappa shape index (κ2) is 15.6. The van der Waals surface area contributed by atoms with E-state index in [0.29, 0.717) is 0 Å². The summed E-state index contributed by atoms with van der Waals surface area (Å²) in [7, 11) is 4.58. The van der Waals surface area contributed by atoms with Crippen LogP contribution in [0.2, 0.25) is 0 Å². The summed E-state index contributed by atoms with van der Waals surface area (Å²) in [5.41, 5.74) is -2.19. The highest BCUT2D eigenvalue weighted by molar-refractivity contribution is 5.97. The molecule has 0 heterocycles. The number of likely N-dealkylation sites (N-methyl/N-ethyl adjacent to an activating group) is 3. The van der Waals surface area contributed by atoms with Crippen LogP contribution >= 0.6 is 0 Å². The molecule has 0 saturated heterocycles. The normalized spacial score (nSPS) is 15.7. The van der Waals surface area contributed by atoms with Crippen LogP contribution in [0, 0.1) is 11.3 Å². The van der Waals surface area contributed by atoms with E-state index in [1.165, 1.54) is 25.8 Å². The van der Waals surface area contributed by atoms with Crippen LogP contribution in [-0.4, -0.2) is 99.6 Å². The van der Waals surface area contributed by atoms with E-state index in [1.807, 2.05) is 48.5 Å². The number of benzene rings is 1.